The molecule has 1 saturated carbocycles. The standard InChI is InChI=1S/C15H28N2O/c16-12-8-14-2-1-3-15(9-12)17(14)13-6-4-11(10-18)5-7-13/h11-15,18H,1-10,16H2. The molecule has 3 rings (SSSR count). The van der Waals surface area contributed by atoms with Gasteiger partial charge in [0, 0.05) is 30.8 Å². The Morgan fingerprint density at radius 2 is 1.50 bits per heavy atom. The molecule has 2 unspecified atom stereocenters. The molecule has 2 heterocycles. The number of rotatable bonds is 2. The van der Waals surface area contributed by atoms with Crippen molar-refractivity contribution in [2.24, 2.45) is 11.7 Å². The smallest absolute Gasteiger partial charge is 0.0459 e. The molecule has 2 bridgehead atoms. The van der Waals surface area contributed by atoms with Crippen molar-refractivity contribution in [3.05, 3.63) is 0 Å². The molecule has 104 valence electrons. The molecular weight excluding hydrogens is 224 g/mol. The average molecular weight is 252 g/mol. The predicted octanol–water partition coefficient (Wildman–Crippen LogP) is 1.88. The number of piperidine rings is 2. The highest BCUT2D eigenvalue weighted by atomic mass is 16.3. The Bertz CT molecular complexity index is 262. The predicted molar refractivity (Wildman–Crippen MR) is 73.3 cm³/mol. The summed E-state index contributed by atoms with van der Waals surface area (Å²) in [5, 5.41) is 9.25. The number of fused-ring (bicyclic) bond motifs is 2. The Kier molecular flexibility index (Phi) is 3.92. The first-order chi connectivity index (χ1) is 8.78. The minimum absolute atomic E-state index is 0.393. The highest BCUT2D eigenvalue weighted by Crippen LogP contribution is 2.39. The minimum Gasteiger partial charge on any atom is -0.396 e. The second-order valence-electron chi connectivity index (χ2n) is 6.77. The molecule has 0 aromatic carbocycles. The molecule has 2 atom stereocenters. The number of aliphatic hydroxyl groups excluding tert-OH is 1. The number of nitrogens with zero attached hydrogens (tertiary/aromatic N) is 1. The van der Waals surface area contributed by atoms with Gasteiger partial charge in [-0.1, -0.05) is 6.42 Å². The van der Waals surface area contributed by atoms with Gasteiger partial charge in [-0.25, -0.2) is 0 Å². The van der Waals surface area contributed by atoms with Gasteiger partial charge in [0.05, 0.1) is 0 Å². The fraction of sp³-hybridized carbons (Fsp3) is 1.00. The molecule has 3 nitrogen and oxygen atoms in total. The van der Waals surface area contributed by atoms with Gasteiger partial charge in [-0.15, -0.1) is 0 Å². The van der Waals surface area contributed by atoms with Crippen LogP contribution in [0.1, 0.15) is 57.8 Å². The van der Waals surface area contributed by atoms with Crippen molar-refractivity contribution in [2.45, 2.75) is 82.0 Å². The van der Waals surface area contributed by atoms with E-state index in [1.165, 1.54) is 57.8 Å². The fourth-order valence-corrected chi connectivity index (χ4v) is 4.68. The summed E-state index contributed by atoms with van der Waals surface area (Å²) in [6, 6.07) is 2.77. The van der Waals surface area contributed by atoms with Gasteiger partial charge in [0.15, 0.2) is 0 Å². The lowest BCUT2D eigenvalue weighted by Crippen LogP contribution is -2.59. The zero-order valence-electron chi connectivity index (χ0n) is 11.4. The normalized spacial score (nSPS) is 46.0. The number of hydrogen-bond donors (Lipinski definition) is 2. The molecule has 2 saturated heterocycles. The molecule has 0 amide bonds. The fourth-order valence-electron chi connectivity index (χ4n) is 4.68. The average Bonchev–Trinajstić information content (AvgIpc) is 2.38. The second kappa shape index (κ2) is 5.48. The monoisotopic (exact) mass is 252 g/mol. The van der Waals surface area contributed by atoms with Gasteiger partial charge >= 0.3 is 0 Å². The van der Waals surface area contributed by atoms with Crippen LogP contribution in [-0.2, 0) is 0 Å². The second-order valence-corrected chi connectivity index (χ2v) is 6.77. The lowest BCUT2D eigenvalue weighted by molar-refractivity contribution is -0.0243. The first-order valence-electron chi connectivity index (χ1n) is 7.91. The van der Waals surface area contributed by atoms with Gasteiger partial charge in [-0.2, -0.15) is 0 Å². The summed E-state index contributed by atoms with van der Waals surface area (Å²) in [7, 11) is 0. The summed E-state index contributed by atoms with van der Waals surface area (Å²) in [5.41, 5.74) is 6.20. The van der Waals surface area contributed by atoms with E-state index in [-0.39, 0.29) is 0 Å². The third-order valence-electron chi connectivity index (χ3n) is 5.56. The Balaban J connectivity index is 1.65. The Hall–Kier alpha value is -0.120. The summed E-state index contributed by atoms with van der Waals surface area (Å²) in [4.78, 5) is 2.85. The maximum atomic E-state index is 9.25. The van der Waals surface area contributed by atoms with Crippen molar-refractivity contribution in [3.8, 4) is 0 Å². The Morgan fingerprint density at radius 1 is 0.889 bits per heavy atom. The van der Waals surface area contributed by atoms with Gasteiger partial charge in [0.1, 0.15) is 0 Å². The maximum Gasteiger partial charge on any atom is 0.0459 e. The molecule has 0 spiro atoms. The highest BCUT2D eigenvalue weighted by Gasteiger charge is 2.41. The van der Waals surface area contributed by atoms with Crippen molar-refractivity contribution < 1.29 is 5.11 Å². The van der Waals surface area contributed by atoms with Crippen molar-refractivity contribution >= 4 is 0 Å². The van der Waals surface area contributed by atoms with Crippen LogP contribution in [0, 0.1) is 5.92 Å². The molecule has 3 aliphatic rings. The molecular formula is C15H28N2O. The van der Waals surface area contributed by atoms with Crippen molar-refractivity contribution in [2.75, 3.05) is 6.61 Å². The number of aliphatic hydroxyl groups is 1. The third kappa shape index (κ3) is 2.45. The van der Waals surface area contributed by atoms with E-state index in [0.29, 0.717) is 18.6 Å². The molecule has 3 heteroatoms. The van der Waals surface area contributed by atoms with Crippen molar-refractivity contribution in [3.63, 3.8) is 0 Å². The molecule has 3 N–H and O–H groups in total. The van der Waals surface area contributed by atoms with Crippen LogP contribution in [0.3, 0.4) is 0 Å². The summed E-state index contributed by atoms with van der Waals surface area (Å²) in [5.74, 6) is 0.577. The first kappa shape index (κ1) is 12.9. The van der Waals surface area contributed by atoms with Gasteiger partial charge in [-0.3, -0.25) is 4.90 Å². The van der Waals surface area contributed by atoms with E-state index >= 15 is 0 Å². The van der Waals surface area contributed by atoms with Crippen LogP contribution >= 0.6 is 0 Å². The zero-order valence-corrected chi connectivity index (χ0v) is 11.4. The topological polar surface area (TPSA) is 49.5 Å². The third-order valence-corrected chi connectivity index (χ3v) is 5.56. The SMILES string of the molecule is NC1CC2CCCC(C1)N2C1CCC(CO)CC1. The first-order valence-corrected chi connectivity index (χ1v) is 7.91. The Morgan fingerprint density at radius 3 is 2.06 bits per heavy atom. The maximum absolute atomic E-state index is 9.25. The molecule has 18 heavy (non-hydrogen) atoms. The van der Waals surface area contributed by atoms with Crippen LogP contribution in [0.5, 0.6) is 0 Å². The van der Waals surface area contributed by atoms with E-state index < -0.39 is 0 Å². The van der Waals surface area contributed by atoms with Gasteiger partial charge < -0.3 is 10.8 Å². The molecule has 0 aromatic heterocycles. The molecule has 2 aliphatic heterocycles. The molecule has 0 aromatic rings. The van der Waals surface area contributed by atoms with Gasteiger partial charge in [0.25, 0.3) is 0 Å². The molecule has 1 aliphatic carbocycles. The summed E-state index contributed by atoms with van der Waals surface area (Å²) in [6.45, 7) is 0.393. The Labute approximate surface area is 111 Å². The minimum atomic E-state index is 0.393. The quantitative estimate of drug-likeness (QED) is 0.789. The van der Waals surface area contributed by atoms with E-state index in [9.17, 15) is 5.11 Å². The summed E-state index contributed by atoms with van der Waals surface area (Å²) < 4.78 is 0. The van der Waals surface area contributed by atoms with E-state index in [0.717, 1.165) is 18.1 Å². The van der Waals surface area contributed by atoms with Crippen LogP contribution < -0.4 is 5.73 Å². The van der Waals surface area contributed by atoms with E-state index in [1.807, 2.05) is 0 Å². The number of hydrogen-bond acceptors (Lipinski definition) is 3. The van der Waals surface area contributed by atoms with Crippen LogP contribution in [0.25, 0.3) is 0 Å². The van der Waals surface area contributed by atoms with Crippen LogP contribution in [0.4, 0.5) is 0 Å². The van der Waals surface area contributed by atoms with Crippen molar-refractivity contribution in [1.29, 1.82) is 0 Å². The van der Waals surface area contributed by atoms with Gasteiger partial charge in [0.2, 0.25) is 0 Å². The highest BCUT2D eigenvalue weighted by molar-refractivity contribution is 4.97. The van der Waals surface area contributed by atoms with Gasteiger partial charge in [-0.05, 0) is 57.3 Å². The molecule has 0 radical (unpaired) electrons. The van der Waals surface area contributed by atoms with E-state index in [4.69, 9.17) is 5.73 Å². The summed E-state index contributed by atoms with van der Waals surface area (Å²) in [6.07, 6.45) is 11.6. The lowest BCUT2D eigenvalue weighted by atomic mass is 9.77. The largest absolute Gasteiger partial charge is 0.396 e. The van der Waals surface area contributed by atoms with Crippen molar-refractivity contribution in [1.82, 2.24) is 4.90 Å². The zero-order chi connectivity index (χ0) is 12.5. The number of nitrogens with two attached hydrogens (primary N) is 1. The van der Waals surface area contributed by atoms with Crippen LogP contribution in [-0.4, -0.2) is 40.8 Å². The molecule has 3 fully saturated rings. The summed E-state index contributed by atoms with van der Waals surface area (Å²) >= 11 is 0. The lowest BCUT2D eigenvalue weighted by Gasteiger charge is -2.53. The van der Waals surface area contributed by atoms with Crippen LogP contribution in [0.15, 0.2) is 0 Å². The van der Waals surface area contributed by atoms with E-state index in [2.05, 4.69) is 4.90 Å². The van der Waals surface area contributed by atoms with Crippen LogP contribution in [0.2, 0.25) is 0 Å². The van der Waals surface area contributed by atoms with E-state index in [1.54, 1.807) is 0 Å².